The van der Waals surface area contributed by atoms with Crippen LogP contribution in [0.15, 0.2) is 57.5 Å². The largest absolute Gasteiger partial charge is 0.497 e. The first-order valence-corrected chi connectivity index (χ1v) is 12.9. The van der Waals surface area contributed by atoms with Crippen LogP contribution in [0.3, 0.4) is 0 Å². The number of allylic oxidation sites excluding steroid dienone is 1. The van der Waals surface area contributed by atoms with Gasteiger partial charge in [0.2, 0.25) is 0 Å². The second-order valence-electron chi connectivity index (χ2n) is 8.25. The molecule has 0 saturated carbocycles. The van der Waals surface area contributed by atoms with E-state index in [1.165, 1.54) is 15.9 Å². The molecule has 1 aliphatic heterocycles. The number of methoxy groups -OCH3 is 3. The van der Waals surface area contributed by atoms with E-state index in [9.17, 15) is 9.59 Å². The van der Waals surface area contributed by atoms with Crippen molar-refractivity contribution >= 4 is 23.4 Å². The molecule has 0 N–H and O–H groups in total. The number of benzene rings is 2. The van der Waals surface area contributed by atoms with Crippen LogP contribution in [0.5, 0.6) is 23.0 Å². The Hall–Kier alpha value is -4.05. The molecule has 10 heteroatoms. The van der Waals surface area contributed by atoms with E-state index in [0.717, 1.165) is 0 Å². The minimum absolute atomic E-state index is 0.190. The number of carbonyl (C=O) groups is 1. The van der Waals surface area contributed by atoms with Gasteiger partial charge in [-0.15, -0.1) is 0 Å². The molecule has 0 radical (unpaired) electrons. The zero-order valence-corrected chi connectivity index (χ0v) is 23.0. The van der Waals surface area contributed by atoms with Crippen LogP contribution in [0, 0.1) is 0 Å². The number of aromatic nitrogens is 1. The first kappa shape index (κ1) is 27.0. The molecule has 0 aliphatic carbocycles. The third kappa shape index (κ3) is 5.04. The fraction of sp³-hybridized carbons (Fsp3) is 0.321. The molecule has 1 aromatic heterocycles. The molecule has 0 amide bonds. The van der Waals surface area contributed by atoms with Crippen LogP contribution in [0.2, 0.25) is 0 Å². The molecule has 0 fully saturated rings. The molecule has 1 unspecified atom stereocenters. The number of thiazole rings is 1. The van der Waals surface area contributed by atoms with Crippen molar-refractivity contribution in [1.29, 1.82) is 0 Å². The lowest BCUT2D eigenvalue weighted by Gasteiger charge is -2.25. The van der Waals surface area contributed by atoms with E-state index in [0.29, 0.717) is 55.8 Å². The highest BCUT2D eigenvalue weighted by Gasteiger charge is 2.34. The number of nitrogens with zero attached hydrogens (tertiary/aromatic N) is 2. The van der Waals surface area contributed by atoms with Crippen molar-refractivity contribution in [2.45, 2.75) is 26.8 Å². The Labute approximate surface area is 224 Å². The van der Waals surface area contributed by atoms with E-state index in [2.05, 4.69) is 4.99 Å². The van der Waals surface area contributed by atoms with Gasteiger partial charge in [0.15, 0.2) is 16.3 Å². The Kier molecular flexibility index (Phi) is 8.21. The summed E-state index contributed by atoms with van der Waals surface area (Å²) in [6, 6.07) is 9.94. The SMILES string of the molecule is CCOC(=O)C1=C(C)N=c2s/c(=C\c3cc(OC)ccc3OC)c(=O)n2C1c1ccc(OC)c(OCC)c1. The minimum Gasteiger partial charge on any atom is -0.497 e. The smallest absolute Gasteiger partial charge is 0.338 e. The molecule has 2 heterocycles. The van der Waals surface area contributed by atoms with Gasteiger partial charge in [0.1, 0.15) is 11.5 Å². The molecule has 0 spiro atoms. The zero-order valence-electron chi connectivity index (χ0n) is 22.2. The van der Waals surface area contributed by atoms with E-state index < -0.39 is 12.0 Å². The lowest BCUT2D eigenvalue weighted by Crippen LogP contribution is -2.40. The van der Waals surface area contributed by atoms with Crippen LogP contribution in [0.4, 0.5) is 0 Å². The van der Waals surface area contributed by atoms with Crippen molar-refractivity contribution in [1.82, 2.24) is 4.57 Å². The molecule has 200 valence electrons. The number of fused-ring (bicyclic) bond motifs is 1. The Morgan fingerprint density at radius 3 is 2.39 bits per heavy atom. The lowest BCUT2D eigenvalue weighted by molar-refractivity contribution is -0.139. The maximum atomic E-state index is 13.9. The van der Waals surface area contributed by atoms with Gasteiger partial charge in [-0.3, -0.25) is 9.36 Å². The number of rotatable bonds is 9. The average molecular weight is 539 g/mol. The highest BCUT2D eigenvalue weighted by molar-refractivity contribution is 7.07. The highest BCUT2D eigenvalue weighted by Crippen LogP contribution is 2.36. The van der Waals surface area contributed by atoms with Gasteiger partial charge in [-0.05, 0) is 62.7 Å². The molecule has 9 nitrogen and oxygen atoms in total. The fourth-order valence-electron chi connectivity index (χ4n) is 4.33. The Bertz CT molecular complexity index is 1570. The van der Waals surface area contributed by atoms with Gasteiger partial charge in [0, 0.05) is 5.56 Å². The predicted molar refractivity (Wildman–Crippen MR) is 144 cm³/mol. The maximum Gasteiger partial charge on any atom is 0.338 e. The van der Waals surface area contributed by atoms with Crippen LogP contribution in [-0.2, 0) is 9.53 Å². The first-order valence-electron chi connectivity index (χ1n) is 12.1. The lowest BCUT2D eigenvalue weighted by atomic mass is 9.95. The van der Waals surface area contributed by atoms with Crippen molar-refractivity contribution in [2.75, 3.05) is 34.5 Å². The van der Waals surface area contributed by atoms with Gasteiger partial charge in [-0.2, -0.15) is 0 Å². The minimum atomic E-state index is -0.773. The molecule has 38 heavy (non-hydrogen) atoms. The predicted octanol–water partition coefficient (Wildman–Crippen LogP) is 3.22. The van der Waals surface area contributed by atoms with Gasteiger partial charge in [-0.1, -0.05) is 17.4 Å². The molecule has 3 aromatic rings. The van der Waals surface area contributed by atoms with Crippen molar-refractivity contribution in [3.05, 3.63) is 78.5 Å². The molecule has 1 aliphatic rings. The summed E-state index contributed by atoms with van der Waals surface area (Å²) >= 11 is 1.23. The van der Waals surface area contributed by atoms with Gasteiger partial charge >= 0.3 is 5.97 Å². The first-order chi connectivity index (χ1) is 18.4. The third-order valence-electron chi connectivity index (χ3n) is 6.04. The van der Waals surface area contributed by atoms with Crippen LogP contribution >= 0.6 is 11.3 Å². The standard InChI is InChI=1S/C28H30N2O7S/c1-7-36-22-14-17(9-11-21(22)35-6)25-24(27(32)37-8-2)16(3)29-28-30(25)26(31)23(38-28)15-18-13-19(33-4)10-12-20(18)34-5/h9-15,25H,7-8H2,1-6H3/b23-15-. The molecular weight excluding hydrogens is 508 g/mol. The van der Waals surface area contributed by atoms with Crippen LogP contribution in [0.25, 0.3) is 6.08 Å². The number of esters is 1. The summed E-state index contributed by atoms with van der Waals surface area (Å²) in [4.78, 5) is 32.1. The highest BCUT2D eigenvalue weighted by atomic mass is 32.1. The fourth-order valence-corrected chi connectivity index (χ4v) is 5.37. The van der Waals surface area contributed by atoms with Gasteiger partial charge < -0.3 is 23.7 Å². The maximum absolute atomic E-state index is 13.9. The Balaban J connectivity index is 1.98. The van der Waals surface area contributed by atoms with E-state index in [1.807, 2.05) is 13.0 Å². The summed E-state index contributed by atoms with van der Waals surface area (Å²) < 4.78 is 29.4. The number of hydrogen-bond acceptors (Lipinski definition) is 9. The summed E-state index contributed by atoms with van der Waals surface area (Å²) in [5.74, 6) is 1.74. The normalized spacial score (nSPS) is 15.0. The van der Waals surface area contributed by atoms with Crippen LogP contribution in [-0.4, -0.2) is 45.1 Å². The van der Waals surface area contributed by atoms with Gasteiger partial charge in [-0.25, -0.2) is 9.79 Å². The summed E-state index contributed by atoms with van der Waals surface area (Å²) in [5.41, 5.74) is 1.81. The third-order valence-corrected chi connectivity index (χ3v) is 7.03. The molecule has 1 atom stereocenters. The second-order valence-corrected chi connectivity index (χ2v) is 9.26. The molecule has 2 aromatic carbocycles. The van der Waals surface area contributed by atoms with Gasteiger partial charge in [0.25, 0.3) is 5.56 Å². The van der Waals surface area contributed by atoms with E-state index in [1.54, 1.807) is 71.6 Å². The zero-order chi connectivity index (χ0) is 27.4. The van der Waals surface area contributed by atoms with Crippen molar-refractivity contribution in [2.24, 2.45) is 4.99 Å². The number of hydrogen-bond donors (Lipinski definition) is 0. The van der Waals surface area contributed by atoms with E-state index in [4.69, 9.17) is 23.7 Å². The molecule has 4 rings (SSSR count). The summed E-state index contributed by atoms with van der Waals surface area (Å²) in [5, 5.41) is 0. The number of carbonyl (C=O) groups excluding carboxylic acids is 1. The van der Waals surface area contributed by atoms with Crippen LogP contribution in [0.1, 0.15) is 37.9 Å². The Morgan fingerprint density at radius 1 is 1.00 bits per heavy atom. The van der Waals surface area contributed by atoms with Crippen molar-refractivity contribution in [3.8, 4) is 23.0 Å². The Morgan fingerprint density at radius 2 is 1.74 bits per heavy atom. The van der Waals surface area contributed by atoms with E-state index >= 15 is 0 Å². The van der Waals surface area contributed by atoms with Gasteiger partial charge in [0.05, 0.1) is 56.4 Å². The molecular formula is C28H30N2O7S. The number of ether oxygens (including phenoxy) is 5. The van der Waals surface area contributed by atoms with E-state index in [-0.39, 0.29) is 17.7 Å². The molecule has 0 saturated heterocycles. The second kappa shape index (κ2) is 11.6. The van der Waals surface area contributed by atoms with Crippen molar-refractivity contribution < 1.29 is 28.5 Å². The van der Waals surface area contributed by atoms with Crippen LogP contribution < -0.4 is 33.8 Å². The summed E-state index contributed by atoms with van der Waals surface area (Å²) in [7, 11) is 4.70. The topological polar surface area (TPSA) is 97.6 Å². The van der Waals surface area contributed by atoms with Crippen molar-refractivity contribution in [3.63, 3.8) is 0 Å². The average Bonchev–Trinajstić information content (AvgIpc) is 3.22. The summed E-state index contributed by atoms with van der Waals surface area (Å²) in [6.07, 6.45) is 1.74. The molecule has 0 bridgehead atoms. The summed E-state index contributed by atoms with van der Waals surface area (Å²) in [6.45, 7) is 5.96. The monoisotopic (exact) mass is 538 g/mol. The quantitative estimate of drug-likeness (QED) is 0.386.